The van der Waals surface area contributed by atoms with Gasteiger partial charge in [0.2, 0.25) is 0 Å². The summed E-state index contributed by atoms with van der Waals surface area (Å²) in [4.78, 5) is 0. The normalized spacial score (nSPS) is 29.3. The molecule has 0 saturated heterocycles. The molecule has 0 aromatic heterocycles. The Labute approximate surface area is 69.3 Å². The van der Waals surface area contributed by atoms with Crippen molar-refractivity contribution in [1.29, 1.82) is 0 Å². The van der Waals surface area contributed by atoms with Crippen LogP contribution in [0, 0.1) is 6.92 Å². The number of allylic oxidation sites excluding steroid dienone is 2. The molecule has 0 spiro atoms. The summed E-state index contributed by atoms with van der Waals surface area (Å²) < 4.78 is 11.9. The molecule has 0 aliphatic carbocycles. The first-order valence-electron chi connectivity index (χ1n) is 4.26. The molecular formula is C9H16OP+. The summed E-state index contributed by atoms with van der Waals surface area (Å²) in [6, 6.07) is 0. The van der Waals surface area contributed by atoms with E-state index < -0.39 is 7.14 Å². The smallest absolute Gasteiger partial charge is 0.140 e. The maximum atomic E-state index is 11.9. The van der Waals surface area contributed by atoms with Crippen molar-refractivity contribution < 1.29 is 4.57 Å². The molecule has 0 amide bonds. The zero-order chi connectivity index (χ0) is 8.48. The van der Waals surface area contributed by atoms with E-state index in [1.54, 1.807) is 0 Å². The van der Waals surface area contributed by atoms with Crippen LogP contribution in [0.1, 0.15) is 33.1 Å². The topological polar surface area (TPSA) is 17.1 Å². The number of hydrogen-bond acceptors (Lipinski definition) is 1. The van der Waals surface area contributed by atoms with Crippen LogP contribution in [-0.4, -0.2) is 6.16 Å². The maximum Gasteiger partial charge on any atom is 0.140 e. The van der Waals surface area contributed by atoms with Crippen LogP contribution in [0.4, 0.5) is 0 Å². The predicted molar refractivity (Wildman–Crippen MR) is 50.1 cm³/mol. The quantitative estimate of drug-likeness (QED) is 0.466. The van der Waals surface area contributed by atoms with E-state index in [4.69, 9.17) is 0 Å². The second-order valence-corrected chi connectivity index (χ2v) is 6.24. The van der Waals surface area contributed by atoms with Crippen LogP contribution in [-0.2, 0) is 4.57 Å². The highest BCUT2D eigenvalue weighted by molar-refractivity contribution is 7.79. The minimum atomic E-state index is -1.86. The van der Waals surface area contributed by atoms with Crippen molar-refractivity contribution in [3.8, 4) is 0 Å². The van der Waals surface area contributed by atoms with Crippen molar-refractivity contribution in [1.82, 2.24) is 0 Å². The summed E-state index contributed by atoms with van der Waals surface area (Å²) >= 11 is 0. The molecule has 0 bridgehead atoms. The fraction of sp³-hybridized carbons (Fsp3) is 0.667. The predicted octanol–water partition coefficient (Wildman–Crippen LogP) is 3.62. The Morgan fingerprint density at radius 3 is 2.64 bits per heavy atom. The van der Waals surface area contributed by atoms with E-state index in [2.05, 4.69) is 13.8 Å². The van der Waals surface area contributed by atoms with Gasteiger partial charge in [0.15, 0.2) is 0 Å². The fourth-order valence-electron chi connectivity index (χ4n) is 1.57. The zero-order valence-electron chi connectivity index (χ0n) is 7.39. The SMILES string of the molecule is [CH2+]CCP1(=O)C(C)=C1CCC. The Hall–Kier alpha value is -0.160. The molecule has 1 aliphatic rings. The van der Waals surface area contributed by atoms with E-state index in [9.17, 15) is 4.57 Å². The third kappa shape index (κ3) is 1.39. The first-order chi connectivity index (χ1) is 5.16. The van der Waals surface area contributed by atoms with Crippen LogP contribution in [0.25, 0.3) is 0 Å². The first kappa shape index (κ1) is 8.93. The number of rotatable bonds is 4. The Kier molecular flexibility index (Phi) is 2.49. The van der Waals surface area contributed by atoms with Gasteiger partial charge in [0, 0.05) is 6.16 Å². The fourth-order valence-corrected chi connectivity index (χ4v) is 4.53. The highest BCUT2D eigenvalue weighted by Crippen LogP contribution is 2.78. The van der Waals surface area contributed by atoms with Crippen LogP contribution in [0.3, 0.4) is 0 Å². The van der Waals surface area contributed by atoms with Gasteiger partial charge in [-0.2, -0.15) is 0 Å². The van der Waals surface area contributed by atoms with E-state index in [0.29, 0.717) is 0 Å². The van der Waals surface area contributed by atoms with Crippen molar-refractivity contribution in [3.63, 3.8) is 0 Å². The number of hydrogen-bond donors (Lipinski definition) is 0. The van der Waals surface area contributed by atoms with Crippen molar-refractivity contribution in [2.24, 2.45) is 0 Å². The summed E-state index contributed by atoms with van der Waals surface area (Å²) in [7, 11) is -1.86. The van der Waals surface area contributed by atoms with Gasteiger partial charge in [0.25, 0.3) is 0 Å². The molecule has 62 valence electrons. The molecule has 1 atom stereocenters. The van der Waals surface area contributed by atoms with Gasteiger partial charge in [-0.05, 0) is 24.0 Å². The van der Waals surface area contributed by atoms with Gasteiger partial charge in [0.05, 0.1) is 13.3 Å². The van der Waals surface area contributed by atoms with Crippen molar-refractivity contribution in [2.45, 2.75) is 33.1 Å². The molecule has 0 saturated carbocycles. The monoisotopic (exact) mass is 171 g/mol. The van der Waals surface area contributed by atoms with Gasteiger partial charge >= 0.3 is 0 Å². The first-order valence-corrected chi connectivity index (χ1v) is 6.15. The van der Waals surface area contributed by atoms with E-state index in [-0.39, 0.29) is 0 Å². The third-order valence-electron chi connectivity index (χ3n) is 2.31. The van der Waals surface area contributed by atoms with E-state index in [0.717, 1.165) is 25.4 Å². The summed E-state index contributed by atoms with van der Waals surface area (Å²) in [6.45, 7) is 7.89. The van der Waals surface area contributed by atoms with Gasteiger partial charge in [0.1, 0.15) is 7.14 Å². The highest BCUT2D eigenvalue weighted by atomic mass is 31.2. The Morgan fingerprint density at radius 1 is 1.55 bits per heavy atom. The summed E-state index contributed by atoms with van der Waals surface area (Å²) in [5, 5.41) is 2.46. The molecule has 0 radical (unpaired) electrons. The van der Waals surface area contributed by atoms with Gasteiger partial charge in [-0.25, -0.2) is 0 Å². The van der Waals surface area contributed by atoms with E-state index >= 15 is 0 Å². The van der Waals surface area contributed by atoms with Crippen molar-refractivity contribution in [3.05, 3.63) is 17.6 Å². The average molecular weight is 171 g/mol. The lowest BCUT2D eigenvalue weighted by atomic mass is 10.3. The minimum Gasteiger partial charge on any atom is -0.314 e. The molecule has 1 aliphatic heterocycles. The summed E-state index contributed by atoms with van der Waals surface area (Å²) in [6.07, 6.45) is 3.78. The van der Waals surface area contributed by atoms with E-state index in [1.165, 1.54) is 10.6 Å². The molecule has 1 unspecified atom stereocenters. The van der Waals surface area contributed by atoms with Gasteiger partial charge < -0.3 is 4.57 Å². The van der Waals surface area contributed by atoms with Crippen LogP contribution in [0.5, 0.6) is 0 Å². The van der Waals surface area contributed by atoms with Crippen LogP contribution < -0.4 is 0 Å². The molecule has 0 fully saturated rings. The summed E-state index contributed by atoms with van der Waals surface area (Å²) in [5.74, 6) is 0. The van der Waals surface area contributed by atoms with E-state index in [1.807, 2.05) is 6.92 Å². The summed E-state index contributed by atoms with van der Waals surface area (Å²) in [5.41, 5.74) is 0. The largest absolute Gasteiger partial charge is 0.314 e. The van der Waals surface area contributed by atoms with Gasteiger partial charge in [-0.15, -0.1) is 0 Å². The Bertz CT molecular complexity index is 228. The molecule has 1 nitrogen and oxygen atoms in total. The second-order valence-electron chi connectivity index (χ2n) is 3.10. The lowest BCUT2D eigenvalue weighted by Crippen LogP contribution is -1.75. The molecule has 0 aromatic rings. The van der Waals surface area contributed by atoms with Crippen molar-refractivity contribution >= 4 is 7.14 Å². The van der Waals surface area contributed by atoms with Gasteiger partial charge in [-0.3, -0.25) is 0 Å². The standard InChI is InChI=1S/C9H16OP/c1-4-6-9-8(3)11(9,10)7-5-2/h2,4-7H2,1,3H3/q+1. The van der Waals surface area contributed by atoms with Crippen LogP contribution in [0.15, 0.2) is 10.6 Å². The zero-order valence-corrected chi connectivity index (χ0v) is 8.29. The molecule has 0 aromatic carbocycles. The van der Waals surface area contributed by atoms with Crippen molar-refractivity contribution in [2.75, 3.05) is 6.16 Å². The lowest BCUT2D eigenvalue weighted by Gasteiger charge is -1.95. The lowest BCUT2D eigenvalue weighted by molar-refractivity contribution is 0.587. The van der Waals surface area contributed by atoms with Crippen LogP contribution >= 0.6 is 7.14 Å². The Balaban J connectivity index is 2.52. The highest BCUT2D eigenvalue weighted by Gasteiger charge is 2.44. The molecule has 0 N–H and O–H groups in total. The maximum absolute atomic E-state index is 11.9. The third-order valence-corrected chi connectivity index (χ3v) is 5.81. The molecule has 1 rings (SSSR count). The minimum absolute atomic E-state index is 0.807. The molecule has 1 heterocycles. The molecule has 11 heavy (non-hydrogen) atoms. The van der Waals surface area contributed by atoms with Gasteiger partial charge in [-0.1, -0.05) is 13.3 Å². The Morgan fingerprint density at radius 2 is 2.18 bits per heavy atom. The molecular weight excluding hydrogens is 155 g/mol. The van der Waals surface area contributed by atoms with Crippen LogP contribution in [0.2, 0.25) is 0 Å². The second kappa shape index (κ2) is 3.06. The average Bonchev–Trinajstić information content (AvgIpc) is 2.43. The molecule has 2 heteroatoms.